The summed E-state index contributed by atoms with van der Waals surface area (Å²) in [4.78, 5) is 13.8. The highest BCUT2D eigenvalue weighted by molar-refractivity contribution is 8.00. The van der Waals surface area contributed by atoms with E-state index < -0.39 is 0 Å². The SMILES string of the molecule is O=C(N[C@H]1CCCNC1)C1SCCc2sccc21. The average Bonchev–Trinajstić information content (AvgIpc) is 2.87. The second-order valence-electron chi connectivity index (χ2n) is 4.85. The standard InChI is InChI=1S/C13H18N2OS2/c16-13(15-9-2-1-5-14-8-9)12-10-3-6-17-11(10)4-7-18-12/h3,6,9,12,14H,1-2,4-5,7-8H2,(H,15,16)/t9-,12?/m0/s1. The van der Waals surface area contributed by atoms with E-state index in [0.29, 0.717) is 6.04 Å². The molecule has 0 bridgehead atoms. The smallest absolute Gasteiger partial charge is 0.237 e. The van der Waals surface area contributed by atoms with Crippen molar-refractivity contribution in [2.45, 2.75) is 30.6 Å². The van der Waals surface area contributed by atoms with Crippen LogP contribution in [0.4, 0.5) is 0 Å². The van der Waals surface area contributed by atoms with Crippen molar-refractivity contribution < 1.29 is 4.79 Å². The third-order valence-electron chi connectivity index (χ3n) is 3.56. The van der Waals surface area contributed by atoms with Crippen LogP contribution in [0, 0.1) is 0 Å². The summed E-state index contributed by atoms with van der Waals surface area (Å²) in [5.74, 6) is 1.27. The van der Waals surface area contributed by atoms with Gasteiger partial charge in [-0.3, -0.25) is 4.79 Å². The van der Waals surface area contributed by atoms with Crippen LogP contribution in [0.1, 0.15) is 28.5 Å². The van der Waals surface area contributed by atoms with Crippen molar-refractivity contribution in [3.8, 4) is 0 Å². The normalized spacial score (nSPS) is 27.6. The highest BCUT2D eigenvalue weighted by Crippen LogP contribution is 2.39. The number of carbonyl (C=O) groups is 1. The molecule has 0 saturated carbocycles. The van der Waals surface area contributed by atoms with Gasteiger partial charge in [-0.25, -0.2) is 0 Å². The Labute approximate surface area is 116 Å². The molecule has 98 valence electrons. The van der Waals surface area contributed by atoms with Gasteiger partial charge in [0.25, 0.3) is 0 Å². The number of rotatable bonds is 2. The van der Waals surface area contributed by atoms with Crippen molar-refractivity contribution in [2.75, 3.05) is 18.8 Å². The molecule has 2 atom stereocenters. The molecule has 0 aromatic carbocycles. The quantitative estimate of drug-likeness (QED) is 0.871. The number of carbonyl (C=O) groups excluding carboxylic acids is 1. The first-order valence-electron chi connectivity index (χ1n) is 6.53. The summed E-state index contributed by atoms with van der Waals surface area (Å²) >= 11 is 3.57. The summed E-state index contributed by atoms with van der Waals surface area (Å²) in [6, 6.07) is 2.44. The molecule has 3 heterocycles. The van der Waals surface area contributed by atoms with Crippen LogP contribution in [0.2, 0.25) is 0 Å². The predicted molar refractivity (Wildman–Crippen MR) is 77.3 cm³/mol. The van der Waals surface area contributed by atoms with E-state index >= 15 is 0 Å². The van der Waals surface area contributed by atoms with Crippen molar-refractivity contribution in [2.24, 2.45) is 0 Å². The van der Waals surface area contributed by atoms with Gasteiger partial charge >= 0.3 is 0 Å². The summed E-state index contributed by atoms with van der Waals surface area (Å²) < 4.78 is 0. The van der Waals surface area contributed by atoms with Gasteiger partial charge in [-0.1, -0.05) is 0 Å². The third kappa shape index (κ3) is 2.58. The number of nitrogens with one attached hydrogen (secondary N) is 2. The lowest BCUT2D eigenvalue weighted by Gasteiger charge is -2.27. The monoisotopic (exact) mass is 282 g/mol. The number of aryl methyl sites for hydroxylation is 1. The first-order valence-corrected chi connectivity index (χ1v) is 8.46. The third-order valence-corrected chi connectivity index (χ3v) is 5.80. The van der Waals surface area contributed by atoms with Crippen LogP contribution in [0.3, 0.4) is 0 Å². The maximum atomic E-state index is 12.4. The number of thioether (sulfide) groups is 1. The van der Waals surface area contributed by atoms with Gasteiger partial charge in [0.05, 0.1) is 0 Å². The molecule has 2 N–H and O–H groups in total. The number of hydrogen-bond donors (Lipinski definition) is 2. The van der Waals surface area contributed by atoms with Crippen molar-refractivity contribution in [3.63, 3.8) is 0 Å². The van der Waals surface area contributed by atoms with Gasteiger partial charge in [0.15, 0.2) is 0 Å². The Kier molecular flexibility index (Phi) is 3.91. The molecular formula is C13H18N2OS2. The Morgan fingerprint density at radius 1 is 1.50 bits per heavy atom. The van der Waals surface area contributed by atoms with E-state index in [9.17, 15) is 4.79 Å². The second-order valence-corrected chi connectivity index (χ2v) is 7.07. The van der Waals surface area contributed by atoms with Crippen molar-refractivity contribution >= 4 is 29.0 Å². The molecular weight excluding hydrogens is 264 g/mol. The minimum absolute atomic E-state index is 0.0157. The Balaban J connectivity index is 1.66. The lowest BCUT2D eigenvalue weighted by Crippen LogP contribution is -2.47. The molecule has 1 aromatic rings. The summed E-state index contributed by atoms with van der Waals surface area (Å²) in [7, 11) is 0. The molecule has 2 aliphatic heterocycles. The summed E-state index contributed by atoms with van der Waals surface area (Å²) in [6.07, 6.45) is 3.38. The van der Waals surface area contributed by atoms with E-state index in [4.69, 9.17) is 0 Å². The average molecular weight is 282 g/mol. The first kappa shape index (κ1) is 12.5. The predicted octanol–water partition coefficient (Wildman–Crippen LogP) is 1.95. The molecule has 5 heteroatoms. The van der Waals surface area contributed by atoms with Crippen molar-refractivity contribution in [1.82, 2.24) is 10.6 Å². The zero-order valence-corrected chi connectivity index (χ0v) is 11.9. The number of thiophene rings is 1. The maximum Gasteiger partial charge on any atom is 0.237 e. The fourth-order valence-electron chi connectivity index (χ4n) is 2.62. The minimum Gasteiger partial charge on any atom is -0.351 e. The molecule has 1 amide bonds. The van der Waals surface area contributed by atoms with Gasteiger partial charge in [0.1, 0.15) is 5.25 Å². The largest absolute Gasteiger partial charge is 0.351 e. The van der Waals surface area contributed by atoms with E-state index in [-0.39, 0.29) is 11.2 Å². The minimum atomic E-state index is 0.0157. The van der Waals surface area contributed by atoms with Gasteiger partial charge < -0.3 is 10.6 Å². The summed E-state index contributed by atoms with van der Waals surface area (Å²) in [6.45, 7) is 2.00. The number of hydrogen-bond acceptors (Lipinski definition) is 4. The van der Waals surface area contributed by atoms with E-state index in [1.807, 2.05) is 0 Å². The Morgan fingerprint density at radius 3 is 3.28 bits per heavy atom. The Morgan fingerprint density at radius 2 is 2.44 bits per heavy atom. The van der Waals surface area contributed by atoms with Gasteiger partial charge in [-0.2, -0.15) is 0 Å². The molecule has 0 aliphatic carbocycles. The van der Waals surface area contributed by atoms with Crippen LogP contribution in [-0.2, 0) is 11.2 Å². The van der Waals surface area contributed by atoms with Crippen LogP contribution < -0.4 is 10.6 Å². The van der Waals surface area contributed by atoms with Crippen molar-refractivity contribution in [3.05, 3.63) is 21.9 Å². The molecule has 2 aliphatic rings. The van der Waals surface area contributed by atoms with Gasteiger partial charge in [-0.05, 0) is 48.6 Å². The number of fused-ring (bicyclic) bond motifs is 1. The molecule has 1 fully saturated rings. The van der Waals surface area contributed by atoms with E-state index in [1.54, 1.807) is 23.1 Å². The molecule has 1 unspecified atom stereocenters. The fraction of sp³-hybridized carbons (Fsp3) is 0.615. The zero-order valence-electron chi connectivity index (χ0n) is 10.3. The van der Waals surface area contributed by atoms with Gasteiger partial charge in [0, 0.05) is 17.5 Å². The van der Waals surface area contributed by atoms with Crippen LogP contribution >= 0.6 is 23.1 Å². The Bertz CT molecular complexity index is 426. The van der Waals surface area contributed by atoms with Gasteiger partial charge in [-0.15, -0.1) is 23.1 Å². The molecule has 1 aromatic heterocycles. The maximum absolute atomic E-state index is 12.4. The van der Waals surface area contributed by atoms with Crippen LogP contribution in [0.5, 0.6) is 0 Å². The lowest BCUT2D eigenvalue weighted by atomic mass is 10.1. The van der Waals surface area contributed by atoms with E-state index in [1.165, 1.54) is 10.4 Å². The molecule has 18 heavy (non-hydrogen) atoms. The summed E-state index contributed by atoms with van der Waals surface area (Å²) in [5.41, 5.74) is 1.25. The molecule has 0 radical (unpaired) electrons. The van der Waals surface area contributed by atoms with Crippen LogP contribution in [0.25, 0.3) is 0 Å². The molecule has 3 nitrogen and oxygen atoms in total. The molecule has 1 saturated heterocycles. The van der Waals surface area contributed by atoms with Gasteiger partial charge in [0.2, 0.25) is 5.91 Å². The molecule has 0 spiro atoms. The van der Waals surface area contributed by atoms with Crippen LogP contribution in [0.15, 0.2) is 11.4 Å². The lowest BCUT2D eigenvalue weighted by molar-refractivity contribution is -0.121. The number of piperidine rings is 1. The zero-order chi connectivity index (χ0) is 12.4. The topological polar surface area (TPSA) is 41.1 Å². The second kappa shape index (κ2) is 5.63. The Hall–Kier alpha value is -0.520. The summed E-state index contributed by atoms with van der Waals surface area (Å²) in [5, 5.41) is 8.67. The highest BCUT2D eigenvalue weighted by atomic mass is 32.2. The van der Waals surface area contributed by atoms with E-state index in [2.05, 4.69) is 22.1 Å². The van der Waals surface area contributed by atoms with Crippen LogP contribution in [-0.4, -0.2) is 30.8 Å². The van der Waals surface area contributed by atoms with E-state index in [0.717, 1.165) is 38.1 Å². The molecule has 3 rings (SSSR count). The first-order chi connectivity index (χ1) is 8.84. The fourth-order valence-corrected chi connectivity index (χ4v) is 4.92. The number of amides is 1. The highest BCUT2D eigenvalue weighted by Gasteiger charge is 2.29. The van der Waals surface area contributed by atoms with Crippen molar-refractivity contribution in [1.29, 1.82) is 0 Å².